The summed E-state index contributed by atoms with van der Waals surface area (Å²) < 4.78 is 0. The van der Waals surface area contributed by atoms with Gasteiger partial charge in [-0.2, -0.15) is 0 Å². The van der Waals surface area contributed by atoms with Gasteiger partial charge in [0, 0.05) is 33.6 Å². The fourth-order valence-corrected chi connectivity index (χ4v) is 0.839. The molecular weight excluding hydrogens is 194 g/mol. The van der Waals surface area contributed by atoms with Gasteiger partial charge in [-0.25, -0.2) is 0 Å². The Morgan fingerprint density at radius 1 is 1.33 bits per heavy atom. The van der Waals surface area contributed by atoms with Gasteiger partial charge in [0.25, 0.3) is 0 Å². The van der Waals surface area contributed by atoms with Crippen molar-refractivity contribution in [2.45, 2.75) is 20.3 Å². The number of carbonyl (C=O) groups excluding carboxylic acids is 2. The zero-order valence-corrected chi connectivity index (χ0v) is 9.96. The maximum atomic E-state index is 11.5. The van der Waals surface area contributed by atoms with Crippen LogP contribution in [0.25, 0.3) is 0 Å². The lowest BCUT2D eigenvalue weighted by atomic mass is 9.93. The van der Waals surface area contributed by atoms with E-state index in [2.05, 4.69) is 5.32 Å². The maximum Gasteiger partial charge on any atom is 0.226 e. The lowest BCUT2D eigenvalue weighted by Crippen LogP contribution is -2.42. The predicted molar refractivity (Wildman–Crippen MR) is 59.2 cm³/mol. The minimum atomic E-state index is -0.568. The minimum absolute atomic E-state index is 0.000791. The molecule has 0 spiro atoms. The highest BCUT2D eigenvalue weighted by Gasteiger charge is 2.25. The number of hydrogen-bond acceptors (Lipinski definition) is 3. The van der Waals surface area contributed by atoms with Crippen LogP contribution in [0.3, 0.4) is 0 Å². The van der Waals surface area contributed by atoms with Gasteiger partial charge >= 0.3 is 0 Å². The molecule has 15 heavy (non-hydrogen) atoms. The van der Waals surface area contributed by atoms with Crippen molar-refractivity contribution in [3.8, 4) is 0 Å². The molecule has 0 saturated heterocycles. The number of rotatable bonds is 5. The molecule has 3 N–H and O–H groups in total. The molecule has 88 valence electrons. The van der Waals surface area contributed by atoms with E-state index < -0.39 is 5.41 Å². The maximum absolute atomic E-state index is 11.5. The van der Waals surface area contributed by atoms with Crippen molar-refractivity contribution in [2.75, 3.05) is 27.2 Å². The van der Waals surface area contributed by atoms with Gasteiger partial charge in [-0.05, 0) is 13.8 Å². The third kappa shape index (κ3) is 4.78. The predicted octanol–water partition coefficient (Wildman–Crippen LogP) is -0.434. The van der Waals surface area contributed by atoms with Crippen LogP contribution in [-0.2, 0) is 9.59 Å². The standard InChI is InChI=1S/C10H21N3O2/c1-10(2,7-11)9(15)12-6-5-8(14)13(3)4/h5-7,11H2,1-4H3,(H,12,15). The molecule has 0 rings (SSSR count). The molecule has 0 aliphatic heterocycles. The first-order valence-electron chi connectivity index (χ1n) is 5.00. The number of nitrogens with one attached hydrogen (secondary N) is 1. The molecule has 0 unspecified atom stereocenters. The number of nitrogens with zero attached hydrogens (tertiary/aromatic N) is 1. The summed E-state index contributed by atoms with van der Waals surface area (Å²) in [4.78, 5) is 24.2. The van der Waals surface area contributed by atoms with Crippen LogP contribution in [0.1, 0.15) is 20.3 Å². The zero-order valence-electron chi connectivity index (χ0n) is 9.96. The van der Waals surface area contributed by atoms with Crippen LogP contribution < -0.4 is 11.1 Å². The van der Waals surface area contributed by atoms with E-state index in [9.17, 15) is 9.59 Å². The summed E-state index contributed by atoms with van der Waals surface area (Å²) in [5.74, 6) is -0.114. The van der Waals surface area contributed by atoms with Crippen molar-refractivity contribution in [1.82, 2.24) is 10.2 Å². The van der Waals surface area contributed by atoms with Crippen LogP contribution >= 0.6 is 0 Å². The zero-order chi connectivity index (χ0) is 12.1. The second-order valence-electron chi connectivity index (χ2n) is 4.38. The van der Waals surface area contributed by atoms with Crippen LogP contribution in [0.5, 0.6) is 0 Å². The first kappa shape index (κ1) is 13.9. The first-order valence-corrected chi connectivity index (χ1v) is 5.00. The third-order valence-electron chi connectivity index (χ3n) is 2.25. The van der Waals surface area contributed by atoms with E-state index >= 15 is 0 Å². The molecule has 0 bridgehead atoms. The van der Waals surface area contributed by atoms with Crippen molar-refractivity contribution in [2.24, 2.45) is 11.1 Å². The van der Waals surface area contributed by atoms with E-state index in [0.717, 1.165) is 0 Å². The Labute approximate surface area is 91.0 Å². The highest BCUT2D eigenvalue weighted by Crippen LogP contribution is 2.11. The summed E-state index contributed by atoms with van der Waals surface area (Å²) in [6.07, 6.45) is 0.319. The summed E-state index contributed by atoms with van der Waals surface area (Å²) in [5.41, 5.74) is 4.88. The van der Waals surface area contributed by atoms with Gasteiger partial charge in [0.1, 0.15) is 0 Å². The molecule has 0 radical (unpaired) electrons. The molecule has 0 aliphatic rings. The van der Waals surface area contributed by atoms with Crippen LogP contribution in [-0.4, -0.2) is 43.9 Å². The summed E-state index contributed by atoms with van der Waals surface area (Å²) in [7, 11) is 3.38. The van der Waals surface area contributed by atoms with Gasteiger partial charge in [-0.15, -0.1) is 0 Å². The molecule has 0 atom stereocenters. The van der Waals surface area contributed by atoms with Crippen LogP contribution in [0.2, 0.25) is 0 Å². The first-order chi connectivity index (χ1) is 6.81. The highest BCUT2D eigenvalue weighted by molar-refractivity contribution is 5.83. The average Bonchev–Trinajstić information content (AvgIpc) is 2.17. The Morgan fingerprint density at radius 2 is 1.87 bits per heavy atom. The molecule has 5 heteroatoms. The Balaban J connectivity index is 3.88. The van der Waals surface area contributed by atoms with E-state index in [1.807, 2.05) is 0 Å². The smallest absolute Gasteiger partial charge is 0.226 e. The number of amides is 2. The third-order valence-corrected chi connectivity index (χ3v) is 2.25. The summed E-state index contributed by atoms with van der Waals surface area (Å²) in [5, 5.41) is 2.69. The molecule has 0 aromatic carbocycles. The molecule has 0 heterocycles. The van der Waals surface area contributed by atoms with E-state index in [1.54, 1.807) is 27.9 Å². The number of nitrogens with two attached hydrogens (primary N) is 1. The monoisotopic (exact) mass is 215 g/mol. The van der Waals surface area contributed by atoms with Gasteiger partial charge in [-0.1, -0.05) is 0 Å². The Hall–Kier alpha value is -1.10. The SMILES string of the molecule is CN(C)C(=O)CCNC(=O)C(C)(C)CN. The van der Waals surface area contributed by atoms with Crippen molar-refractivity contribution < 1.29 is 9.59 Å². The molecule has 0 aromatic rings. The van der Waals surface area contributed by atoms with E-state index in [1.165, 1.54) is 4.90 Å². The van der Waals surface area contributed by atoms with E-state index in [-0.39, 0.29) is 11.8 Å². The molecule has 0 aliphatic carbocycles. The van der Waals surface area contributed by atoms with Crippen molar-refractivity contribution in [3.63, 3.8) is 0 Å². The average molecular weight is 215 g/mol. The van der Waals surface area contributed by atoms with Crippen molar-refractivity contribution in [3.05, 3.63) is 0 Å². The van der Waals surface area contributed by atoms with Crippen molar-refractivity contribution in [1.29, 1.82) is 0 Å². The number of carbonyl (C=O) groups is 2. The summed E-state index contributed by atoms with van der Waals surface area (Å²) in [6, 6.07) is 0. The largest absolute Gasteiger partial charge is 0.355 e. The molecule has 0 saturated carbocycles. The normalized spacial score (nSPS) is 11.0. The van der Waals surface area contributed by atoms with Gasteiger partial charge in [-0.3, -0.25) is 9.59 Å². The van der Waals surface area contributed by atoms with Gasteiger partial charge in [0.2, 0.25) is 11.8 Å². The Morgan fingerprint density at radius 3 is 2.27 bits per heavy atom. The molecular formula is C10H21N3O2. The van der Waals surface area contributed by atoms with Gasteiger partial charge in [0.15, 0.2) is 0 Å². The Bertz CT molecular complexity index is 237. The van der Waals surface area contributed by atoms with Gasteiger partial charge in [0.05, 0.1) is 5.41 Å². The van der Waals surface area contributed by atoms with Crippen LogP contribution in [0, 0.1) is 5.41 Å². The van der Waals surface area contributed by atoms with E-state index in [0.29, 0.717) is 19.5 Å². The fourth-order valence-electron chi connectivity index (χ4n) is 0.839. The Kier molecular flexibility index (Phi) is 5.28. The van der Waals surface area contributed by atoms with E-state index in [4.69, 9.17) is 5.73 Å². The molecule has 5 nitrogen and oxygen atoms in total. The van der Waals surface area contributed by atoms with Gasteiger partial charge < -0.3 is 16.0 Å². The summed E-state index contributed by atoms with van der Waals surface area (Å²) in [6.45, 7) is 4.20. The van der Waals surface area contributed by atoms with Crippen LogP contribution in [0.4, 0.5) is 0 Å². The van der Waals surface area contributed by atoms with Crippen LogP contribution in [0.15, 0.2) is 0 Å². The van der Waals surface area contributed by atoms with Crippen molar-refractivity contribution >= 4 is 11.8 Å². The topological polar surface area (TPSA) is 75.4 Å². The minimum Gasteiger partial charge on any atom is -0.355 e. The second-order valence-corrected chi connectivity index (χ2v) is 4.38. The lowest BCUT2D eigenvalue weighted by Gasteiger charge is -2.21. The molecule has 0 aromatic heterocycles. The molecule has 2 amide bonds. The quantitative estimate of drug-likeness (QED) is 0.653. The number of hydrogen-bond donors (Lipinski definition) is 2. The highest BCUT2D eigenvalue weighted by atomic mass is 16.2. The lowest BCUT2D eigenvalue weighted by molar-refractivity contribution is -0.130. The second kappa shape index (κ2) is 5.70. The fraction of sp³-hybridized carbons (Fsp3) is 0.800. The summed E-state index contributed by atoms with van der Waals surface area (Å²) >= 11 is 0. The molecule has 0 fully saturated rings.